The smallest absolute Gasteiger partial charge is 0.233 e. The van der Waals surface area contributed by atoms with E-state index >= 15 is 0 Å². The molecular formula is C11H15FN2O. The van der Waals surface area contributed by atoms with Gasteiger partial charge in [-0.05, 0) is 30.2 Å². The molecule has 0 heterocycles. The van der Waals surface area contributed by atoms with Crippen molar-refractivity contribution in [2.45, 2.75) is 13.5 Å². The fourth-order valence-electron chi connectivity index (χ4n) is 1.23. The molecule has 0 aliphatic carbocycles. The highest BCUT2D eigenvalue weighted by Crippen LogP contribution is 2.09. The minimum atomic E-state index is -0.252. The van der Waals surface area contributed by atoms with Crippen molar-refractivity contribution in [3.63, 3.8) is 0 Å². The predicted molar refractivity (Wildman–Crippen MR) is 56.9 cm³/mol. The summed E-state index contributed by atoms with van der Waals surface area (Å²) < 4.78 is 12.9. The second kappa shape index (κ2) is 5.46. The molecule has 0 aromatic heterocycles. The van der Waals surface area contributed by atoms with E-state index in [9.17, 15) is 9.18 Å². The van der Waals surface area contributed by atoms with Crippen LogP contribution in [0.3, 0.4) is 0 Å². The van der Waals surface area contributed by atoms with Crippen LogP contribution in [0.5, 0.6) is 0 Å². The lowest BCUT2D eigenvalue weighted by molar-refractivity contribution is -0.119. The number of hydrogen-bond donors (Lipinski definition) is 2. The zero-order valence-corrected chi connectivity index (χ0v) is 8.93. The molecule has 3 nitrogen and oxygen atoms in total. The Kier molecular flexibility index (Phi) is 4.24. The van der Waals surface area contributed by atoms with E-state index in [2.05, 4.69) is 10.6 Å². The third kappa shape index (κ3) is 3.67. The highest BCUT2D eigenvalue weighted by molar-refractivity contribution is 5.77. The van der Waals surface area contributed by atoms with E-state index in [4.69, 9.17) is 0 Å². The number of carbonyl (C=O) groups is 1. The van der Waals surface area contributed by atoms with Crippen molar-refractivity contribution < 1.29 is 9.18 Å². The Balaban J connectivity index is 2.50. The van der Waals surface area contributed by atoms with Crippen molar-refractivity contribution in [3.05, 3.63) is 35.1 Å². The van der Waals surface area contributed by atoms with Crippen LogP contribution in [0.25, 0.3) is 0 Å². The van der Waals surface area contributed by atoms with Gasteiger partial charge in [0, 0.05) is 13.6 Å². The van der Waals surface area contributed by atoms with Crippen LogP contribution in [-0.4, -0.2) is 19.5 Å². The van der Waals surface area contributed by atoms with Crippen LogP contribution in [0.15, 0.2) is 18.2 Å². The van der Waals surface area contributed by atoms with E-state index in [1.54, 1.807) is 13.1 Å². The molecule has 1 aromatic carbocycles. The number of carbonyl (C=O) groups excluding carboxylic acids is 1. The maximum absolute atomic E-state index is 12.9. The molecular weight excluding hydrogens is 195 g/mol. The van der Waals surface area contributed by atoms with Crippen LogP contribution in [0, 0.1) is 12.7 Å². The molecule has 1 aromatic rings. The average molecular weight is 210 g/mol. The summed E-state index contributed by atoms with van der Waals surface area (Å²) in [5, 5.41) is 5.44. The first-order valence-electron chi connectivity index (χ1n) is 4.80. The van der Waals surface area contributed by atoms with E-state index in [-0.39, 0.29) is 18.3 Å². The van der Waals surface area contributed by atoms with Crippen molar-refractivity contribution in [3.8, 4) is 0 Å². The molecule has 1 rings (SSSR count). The minimum absolute atomic E-state index is 0.0796. The molecule has 0 radical (unpaired) electrons. The lowest BCUT2D eigenvalue weighted by atomic mass is 10.1. The molecule has 0 bridgehead atoms. The van der Waals surface area contributed by atoms with E-state index in [1.807, 2.05) is 6.92 Å². The molecule has 4 heteroatoms. The lowest BCUT2D eigenvalue weighted by Crippen LogP contribution is -2.31. The van der Waals surface area contributed by atoms with Gasteiger partial charge in [-0.1, -0.05) is 6.07 Å². The first-order valence-corrected chi connectivity index (χ1v) is 4.80. The molecule has 0 atom stereocenters. The third-order valence-corrected chi connectivity index (χ3v) is 2.19. The van der Waals surface area contributed by atoms with Gasteiger partial charge in [0.1, 0.15) is 5.82 Å². The van der Waals surface area contributed by atoms with Crippen molar-refractivity contribution in [2.24, 2.45) is 0 Å². The van der Waals surface area contributed by atoms with Crippen molar-refractivity contribution >= 4 is 5.91 Å². The lowest BCUT2D eigenvalue weighted by Gasteiger charge is -2.07. The van der Waals surface area contributed by atoms with Gasteiger partial charge in [-0.3, -0.25) is 4.79 Å². The molecule has 0 fully saturated rings. The quantitative estimate of drug-likeness (QED) is 0.777. The average Bonchev–Trinajstić information content (AvgIpc) is 2.23. The van der Waals surface area contributed by atoms with Gasteiger partial charge in [-0.15, -0.1) is 0 Å². The largest absolute Gasteiger partial charge is 0.358 e. The van der Waals surface area contributed by atoms with Gasteiger partial charge in [0.2, 0.25) is 5.91 Å². The standard InChI is InChI=1S/C11H15FN2O/c1-8-3-4-10(12)5-9(8)6-14-7-11(15)13-2/h3-5,14H,6-7H2,1-2H3,(H,13,15). The normalized spacial score (nSPS) is 10.1. The maximum atomic E-state index is 12.9. The Hall–Kier alpha value is -1.42. The monoisotopic (exact) mass is 210 g/mol. The Labute approximate surface area is 88.7 Å². The molecule has 0 spiro atoms. The molecule has 82 valence electrons. The molecule has 0 saturated carbocycles. The van der Waals surface area contributed by atoms with Crippen molar-refractivity contribution in [2.75, 3.05) is 13.6 Å². The van der Waals surface area contributed by atoms with Crippen molar-refractivity contribution in [1.29, 1.82) is 0 Å². The molecule has 0 aliphatic rings. The van der Waals surface area contributed by atoms with Gasteiger partial charge in [-0.2, -0.15) is 0 Å². The van der Waals surface area contributed by atoms with E-state index < -0.39 is 0 Å². The van der Waals surface area contributed by atoms with Crippen LogP contribution in [0.2, 0.25) is 0 Å². The number of hydrogen-bond acceptors (Lipinski definition) is 2. The van der Waals surface area contributed by atoms with Crippen LogP contribution in [-0.2, 0) is 11.3 Å². The number of halogens is 1. The Morgan fingerprint density at radius 3 is 2.87 bits per heavy atom. The summed E-state index contributed by atoms with van der Waals surface area (Å²) in [5.74, 6) is -0.332. The predicted octanol–water partition coefficient (Wildman–Crippen LogP) is 0.970. The maximum Gasteiger partial charge on any atom is 0.233 e. The van der Waals surface area contributed by atoms with Crippen LogP contribution < -0.4 is 10.6 Å². The summed E-state index contributed by atoms with van der Waals surface area (Å²) >= 11 is 0. The second-order valence-corrected chi connectivity index (χ2v) is 3.35. The first-order chi connectivity index (χ1) is 7.13. The fourth-order valence-corrected chi connectivity index (χ4v) is 1.23. The number of aryl methyl sites for hydroxylation is 1. The number of nitrogens with one attached hydrogen (secondary N) is 2. The molecule has 1 amide bonds. The van der Waals surface area contributed by atoms with E-state index in [0.717, 1.165) is 11.1 Å². The minimum Gasteiger partial charge on any atom is -0.358 e. The van der Waals surface area contributed by atoms with Gasteiger partial charge in [-0.25, -0.2) is 4.39 Å². The van der Waals surface area contributed by atoms with E-state index in [1.165, 1.54) is 12.1 Å². The first kappa shape index (κ1) is 11.7. The zero-order chi connectivity index (χ0) is 11.3. The number of likely N-dealkylation sites (N-methyl/N-ethyl adjacent to an activating group) is 1. The van der Waals surface area contributed by atoms with Gasteiger partial charge in [0.25, 0.3) is 0 Å². The van der Waals surface area contributed by atoms with Crippen molar-refractivity contribution in [1.82, 2.24) is 10.6 Å². The van der Waals surface area contributed by atoms with Gasteiger partial charge < -0.3 is 10.6 Å². The Bertz CT molecular complexity index is 352. The fraction of sp³-hybridized carbons (Fsp3) is 0.364. The summed E-state index contributed by atoms with van der Waals surface area (Å²) in [7, 11) is 1.58. The Morgan fingerprint density at radius 1 is 1.47 bits per heavy atom. The molecule has 15 heavy (non-hydrogen) atoms. The highest BCUT2D eigenvalue weighted by atomic mass is 19.1. The number of amides is 1. The Morgan fingerprint density at radius 2 is 2.20 bits per heavy atom. The molecule has 2 N–H and O–H groups in total. The summed E-state index contributed by atoms with van der Waals surface area (Å²) in [6, 6.07) is 4.63. The summed E-state index contributed by atoms with van der Waals surface area (Å²) in [6.45, 7) is 2.65. The molecule has 0 unspecified atom stereocenters. The van der Waals surface area contributed by atoms with Crippen LogP contribution >= 0.6 is 0 Å². The second-order valence-electron chi connectivity index (χ2n) is 3.35. The molecule has 0 saturated heterocycles. The van der Waals surface area contributed by atoms with E-state index in [0.29, 0.717) is 6.54 Å². The van der Waals surface area contributed by atoms with Crippen LogP contribution in [0.1, 0.15) is 11.1 Å². The third-order valence-electron chi connectivity index (χ3n) is 2.19. The number of benzene rings is 1. The summed E-state index contributed by atoms with van der Waals surface area (Å²) in [6.07, 6.45) is 0. The van der Waals surface area contributed by atoms with Crippen LogP contribution in [0.4, 0.5) is 4.39 Å². The molecule has 0 aliphatic heterocycles. The van der Waals surface area contributed by atoms with Gasteiger partial charge in [0.05, 0.1) is 6.54 Å². The van der Waals surface area contributed by atoms with Gasteiger partial charge >= 0.3 is 0 Å². The summed E-state index contributed by atoms with van der Waals surface area (Å²) in [4.78, 5) is 10.9. The number of rotatable bonds is 4. The zero-order valence-electron chi connectivity index (χ0n) is 8.93. The highest BCUT2D eigenvalue weighted by Gasteiger charge is 2.01. The SMILES string of the molecule is CNC(=O)CNCc1cc(F)ccc1C. The van der Waals surface area contributed by atoms with Gasteiger partial charge in [0.15, 0.2) is 0 Å². The summed E-state index contributed by atoms with van der Waals surface area (Å²) in [5.41, 5.74) is 1.89. The topological polar surface area (TPSA) is 41.1 Å².